The molecule has 0 saturated carbocycles. The monoisotopic (exact) mass is 439 g/mol. The number of carboxylic acids is 1. The number of rotatable bonds is 15. The lowest BCUT2D eigenvalue weighted by Gasteiger charge is -2.05. The molecule has 0 spiro atoms. The van der Waals surface area contributed by atoms with Crippen molar-refractivity contribution in [3.63, 3.8) is 0 Å². The lowest BCUT2D eigenvalue weighted by Crippen LogP contribution is -2.23. The molecule has 0 unspecified atom stereocenters. The van der Waals surface area contributed by atoms with E-state index in [1.54, 1.807) is 0 Å². The van der Waals surface area contributed by atoms with Crippen LogP contribution in [0.3, 0.4) is 0 Å². The average molecular weight is 440 g/mol. The van der Waals surface area contributed by atoms with Crippen LogP contribution in [0.25, 0.3) is 11.1 Å². The van der Waals surface area contributed by atoms with Crippen molar-refractivity contribution in [2.45, 2.75) is 84.0 Å². The maximum Gasteiger partial charge on any atom is 0.303 e. The number of benzene rings is 2. The zero-order valence-corrected chi connectivity index (χ0v) is 19.7. The zero-order valence-electron chi connectivity index (χ0n) is 19.7. The third kappa shape index (κ3) is 15.2. The number of hydrogen-bond donors (Lipinski definition) is 2. The highest BCUT2D eigenvalue weighted by Crippen LogP contribution is 2.17. The average Bonchev–Trinajstić information content (AvgIpc) is 2.82. The number of aliphatic carboxylic acids is 1. The van der Waals surface area contributed by atoms with Crippen LogP contribution < -0.4 is 5.32 Å². The Morgan fingerprint density at radius 1 is 0.656 bits per heavy atom. The molecule has 2 aromatic rings. The molecule has 4 heteroatoms. The molecular formula is C28H41NO3. The third-order valence-electron chi connectivity index (χ3n) is 5.28. The first-order valence-corrected chi connectivity index (χ1v) is 12.2. The molecule has 0 saturated heterocycles. The largest absolute Gasteiger partial charge is 0.481 e. The molecule has 0 aromatic heterocycles. The van der Waals surface area contributed by atoms with Crippen molar-refractivity contribution in [3.05, 3.63) is 60.7 Å². The van der Waals surface area contributed by atoms with E-state index in [2.05, 4.69) is 60.8 Å². The lowest BCUT2D eigenvalue weighted by molar-refractivity contribution is -0.137. The van der Waals surface area contributed by atoms with Gasteiger partial charge < -0.3 is 10.4 Å². The van der Waals surface area contributed by atoms with E-state index in [1.165, 1.54) is 43.2 Å². The fraction of sp³-hybridized carbons (Fsp3) is 0.500. The molecule has 0 fully saturated rings. The van der Waals surface area contributed by atoms with Gasteiger partial charge in [0.2, 0.25) is 5.91 Å². The van der Waals surface area contributed by atoms with Gasteiger partial charge in [-0.25, -0.2) is 0 Å². The van der Waals surface area contributed by atoms with Crippen LogP contribution in [-0.2, 0) is 9.59 Å². The van der Waals surface area contributed by atoms with E-state index in [-0.39, 0.29) is 12.3 Å². The smallest absolute Gasteiger partial charge is 0.303 e. The van der Waals surface area contributed by atoms with Gasteiger partial charge in [0.15, 0.2) is 0 Å². The predicted octanol–water partition coefficient (Wildman–Crippen LogP) is 7.24. The first-order valence-electron chi connectivity index (χ1n) is 12.2. The molecule has 0 atom stereocenters. The fourth-order valence-corrected chi connectivity index (χ4v) is 3.40. The van der Waals surface area contributed by atoms with Gasteiger partial charge in [-0.3, -0.25) is 9.59 Å². The van der Waals surface area contributed by atoms with Crippen LogP contribution in [0.15, 0.2) is 60.7 Å². The highest BCUT2D eigenvalue weighted by atomic mass is 16.4. The van der Waals surface area contributed by atoms with E-state index in [4.69, 9.17) is 5.11 Å². The lowest BCUT2D eigenvalue weighted by atomic mass is 10.1. The van der Waals surface area contributed by atoms with E-state index in [0.29, 0.717) is 19.4 Å². The fourth-order valence-electron chi connectivity index (χ4n) is 3.40. The SMILES string of the molecule is CCCCCCCCCC(=O)NCCCCCC(=O)O.c1ccc(-c2ccccc2)cc1. The molecule has 0 heterocycles. The highest BCUT2D eigenvalue weighted by Gasteiger charge is 2.01. The van der Waals surface area contributed by atoms with Crippen LogP contribution in [-0.4, -0.2) is 23.5 Å². The predicted molar refractivity (Wildman–Crippen MR) is 134 cm³/mol. The van der Waals surface area contributed by atoms with E-state index in [0.717, 1.165) is 25.7 Å². The second kappa shape index (κ2) is 19.1. The van der Waals surface area contributed by atoms with Gasteiger partial charge in [0, 0.05) is 19.4 Å². The van der Waals surface area contributed by atoms with E-state index in [1.807, 2.05) is 12.1 Å². The number of carboxylic acid groups (broad SMARTS) is 1. The van der Waals surface area contributed by atoms with Crippen molar-refractivity contribution in [2.24, 2.45) is 0 Å². The van der Waals surface area contributed by atoms with Gasteiger partial charge in [0.05, 0.1) is 0 Å². The molecule has 1 amide bonds. The van der Waals surface area contributed by atoms with Gasteiger partial charge in [-0.15, -0.1) is 0 Å². The molecule has 32 heavy (non-hydrogen) atoms. The van der Waals surface area contributed by atoms with Crippen molar-refractivity contribution < 1.29 is 14.7 Å². The molecular weight excluding hydrogens is 398 g/mol. The molecule has 4 nitrogen and oxygen atoms in total. The summed E-state index contributed by atoms with van der Waals surface area (Å²) >= 11 is 0. The van der Waals surface area contributed by atoms with Crippen LogP contribution in [0.5, 0.6) is 0 Å². The van der Waals surface area contributed by atoms with E-state index < -0.39 is 5.97 Å². The van der Waals surface area contributed by atoms with Crippen LogP contribution >= 0.6 is 0 Å². The Morgan fingerprint density at radius 3 is 1.66 bits per heavy atom. The molecule has 0 aliphatic carbocycles. The first kappa shape index (κ1) is 27.4. The Bertz CT molecular complexity index is 678. The standard InChI is InChI=1S/C16H31NO3.C12H10/c1-2-3-4-5-6-7-9-12-15(18)17-14-11-8-10-13-16(19)20;1-3-7-11(8-4-1)12-9-5-2-6-10-12/h2-14H2,1H3,(H,17,18)(H,19,20);1-10H. The van der Waals surface area contributed by atoms with Crippen molar-refractivity contribution in [1.82, 2.24) is 5.32 Å². The summed E-state index contributed by atoms with van der Waals surface area (Å²) in [5.41, 5.74) is 2.55. The summed E-state index contributed by atoms with van der Waals surface area (Å²) in [6.45, 7) is 2.89. The number of nitrogens with one attached hydrogen (secondary N) is 1. The summed E-state index contributed by atoms with van der Waals surface area (Å²) in [6, 6.07) is 20.8. The Hall–Kier alpha value is -2.62. The zero-order chi connectivity index (χ0) is 23.3. The van der Waals surface area contributed by atoms with Crippen LogP contribution in [0.1, 0.15) is 84.0 Å². The normalized spacial score (nSPS) is 10.2. The van der Waals surface area contributed by atoms with Crippen molar-refractivity contribution in [3.8, 4) is 11.1 Å². The first-order chi connectivity index (χ1) is 15.6. The number of amides is 1. The van der Waals surface area contributed by atoms with Gasteiger partial charge in [-0.1, -0.05) is 113 Å². The second-order valence-corrected chi connectivity index (χ2v) is 8.16. The number of carbonyl (C=O) groups is 2. The van der Waals surface area contributed by atoms with Crippen LogP contribution in [0, 0.1) is 0 Å². The van der Waals surface area contributed by atoms with Gasteiger partial charge in [0.1, 0.15) is 0 Å². The molecule has 0 aliphatic heterocycles. The minimum absolute atomic E-state index is 0.136. The second-order valence-electron chi connectivity index (χ2n) is 8.16. The molecule has 2 aromatic carbocycles. The maximum absolute atomic E-state index is 11.5. The van der Waals surface area contributed by atoms with Crippen molar-refractivity contribution in [2.75, 3.05) is 6.54 Å². The topological polar surface area (TPSA) is 66.4 Å². The minimum atomic E-state index is -0.743. The van der Waals surface area contributed by atoms with E-state index >= 15 is 0 Å². The summed E-state index contributed by atoms with van der Waals surface area (Å²) in [7, 11) is 0. The Morgan fingerprint density at radius 2 is 1.12 bits per heavy atom. The van der Waals surface area contributed by atoms with Gasteiger partial charge in [-0.2, -0.15) is 0 Å². The quantitative estimate of drug-likeness (QED) is 0.287. The third-order valence-corrected chi connectivity index (χ3v) is 5.28. The van der Waals surface area contributed by atoms with Crippen LogP contribution in [0.2, 0.25) is 0 Å². The number of carbonyl (C=O) groups excluding carboxylic acids is 1. The summed E-state index contributed by atoms with van der Waals surface area (Å²) in [4.78, 5) is 21.8. The molecule has 0 aliphatic rings. The maximum atomic E-state index is 11.5. The molecule has 2 rings (SSSR count). The number of hydrogen-bond acceptors (Lipinski definition) is 2. The number of unbranched alkanes of at least 4 members (excludes halogenated alkanes) is 8. The highest BCUT2D eigenvalue weighted by molar-refractivity contribution is 5.75. The molecule has 0 radical (unpaired) electrons. The summed E-state index contributed by atoms with van der Waals surface area (Å²) in [5.74, 6) is -0.607. The Labute approximate surface area is 194 Å². The Balaban J connectivity index is 0.000000357. The van der Waals surface area contributed by atoms with Crippen molar-refractivity contribution in [1.29, 1.82) is 0 Å². The summed E-state index contributed by atoms with van der Waals surface area (Å²) in [5, 5.41) is 11.4. The summed E-state index contributed by atoms with van der Waals surface area (Å²) in [6.07, 6.45) is 11.9. The summed E-state index contributed by atoms with van der Waals surface area (Å²) < 4.78 is 0. The Kier molecular flexibility index (Phi) is 16.4. The molecule has 0 bridgehead atoms. The van der Waals surface area contributed by atoms with Crippen LogP contribution in [0.4, 0.5) is 0 Å². The van der Waals surface area contributed by atoms with Gasteiger partial charge in [0.25, 0.3) is 0 Å². The van der Waals surface area contributed by atoms with E-state index in [9.17, 15) is 9.59 Å². The van der Waals surface area contributed by atoms with Gasteiger partial charge in [-0.05, 0) is 30.4 Å². The van der Waals surface area contributed by atoms with Gasteiger partial charge >= 0.3 is 5.97 Å². The molecule has 176 valence electrons. The minimum Gasteiger partial charge on any atom is -0.481 e. The molecule has 2 N–H and O–H groups in total. The van der Waals surface area contributed by atoms with Crippen molar-refractivity contribution >= 4 is 11.9 Å².